The first-order valence-electron chi connectivity index (χ1n) is 13.2. The van der Waals surface area contributed by atoms with Crippen molar-refractivity contribution in [1.82, 2.24) is 5.32 Å². The zero-order chi connectivity index (χ0) is 26.4. The van der Waals surface area contributed by atoms with Crippen LogP contribution >= 0.6 is 0 Å². The lowest BCUT2D eigenvalue weighted by atomic mass is 9.48. The van der Waals surface area contributed by atoms with Crippen molar-refractivity contribution in [3.05, 3.63) is 35.9 Å². The first kappa shape index (κ1) is 26.0. The molecule has 1 heterocycles. The molecule has 1 aliphatic heterocycles. The summed E-state index contributed by atoms with van der Waals surface area (Å²) in [7, 11) is 0. The Morgan fingerprint density at radius 3 is 2.27 bits per heavy atom. The molecule has 5 fully saturated rings. The Morgan fingerprint density at radius 1 is 1.05 bits per heavy atom. The molecule has 4 atom stereocenters. The topological polar surface area (TPSA) is 120 Å². The molecule has 2 N–H and O–H groups in total. The van der Waals surface area contributed by atoms with E-state index in [1.807, 2.05) is 6.07 Å². The van der Waals surface area contributed by atoms with E-state index in [2.05, 4.69) is 5.32 Å². The van der Waals surface area contributed by atoms with Gasteiger partial charge in [0.2, 0.25) is 0 Å². The molecule has 9 heteroatoms. The number of benzene rings is 1. The normalized spacial score (nSPS) is 32.1. The molecule has 4 saturated carbocycles. The van der Waals surface area contributed by atoms with Crippen molar-refractivity contribution in [3.63, 3.8) is 0 Å². The molecule has 1 amide bonds. The van der Waals surface area contributed by atoms with Gasteiger partial charge in [0.25, 0.3) is 0 Å². The standard InChI is InChI=1S/C28H37NO8/c1-26(2,3)37-25(33)29-21(19-7-5-4-6-8-19)22(30)23(31)36-28-12-17-9-18(13-28)11-27(10-17,16-28)24(32)35-20-14-34-15-20/h4-8,17-18,20-22,30H,9-16H2,1-3H3,(H,29,33)/t17?,18?,21-,22+,27?,28?/m0/s1. The smallest absolute Gasteiger partial charge is 0.408 e. The molecule has 1 aromatic rings. The van der Waals surface area contributed by atoms with Crippen LogP contribution < -0.4 is 5.32 Å². The summed E-state index contributed by atoms with van der Waals surface area (Å²) < 4.78 is 22.4. The van der Waals surface area contributed by atoms with Gasteiger partial charge >= 0.3 is 18.0 Å². The van der Waals surface area contributed by atoms with E-state index in [0.29, 0.717) is 38.0 Å². The number of rotatable bonds is 7. The lowest BCUT2D eigenvalue weighted by Gasteiger charge is -2.60. The zero-order valence-electron chi connectivity index (χ0n) is 21.7. The predicted octanol–water partition coefficient (Wildman–Crippen LogP) is 3.44. The summed E-state index contributed by atoms with van der Waals surface area (Å²) in [6.07, 6.45) is 1.62. The summed E-state index contributed by atoms with van der Waals surface area (Å²) in [4.78, 5) is 39.2. The third-order valence-electron chi connectivity index (χ3n) is 8.03. The Bertz CT molecular complexity index is 1020. The molecular weight excluding hydrogens is 478 g/mol. The van der Waals surface area contributed by atoms with E-state index >= 15 is 0 Å². The fourth-order valence-electron chi connectivity index (χ4n) is 6.94. The summed E-state index contributed by atoms with van der Waals surface area (Å²) in [6.45, 7) is 6.06. The van der Waals surface area contributed by atoms with Crippen molar-refractivity contribution in [2.75, 3.05) is 13.2 Å². The molecule has 37 heavy (non-hydrogen) atoms. The van der Waals surface area contributed by atoms with Crippen molar-refractivity contribution < 1.29 is 38.4 Å². The molecule has 0 spiro atoms. The molecule has 0 aromatic heterocycles. The van der Waals surface area contributed by atoms with Gasteiger partial charge in [0.15, 0.2) is 6.10 Å². The van der Waals surface area contributed by atoms with Crippen LogP contribution in [0, 0.1) is 17.3 Å². The third kappa shape index (κ3) is 5.48. The molecule has 202 valence electrons. The van der Waals surface area contributed by atoms with Gasteiger partial charge in [-0.1, -0.05) is 30.3 Å². The molecular formula is C28H37NO8. The fourth-order valence-corrected chi connectivity index (χ4v) is 6.94. The number of esters is 2. The van der Waals surface area contributed by atoms with Gasteiger partial charge in [-0.05, 0) is 70.3 Å². The molecule has 1 aromatic carbocycles. The van der Waals surface area contributed by atoms with Crippen LogP contribution in [0.4, 0.5) is 4.79 Å². The minimum atomic E-state index is -1.65. The predicted molar refractivity (Wildman–Crippen MR) is 131 cm³/mol. The highest BCUT2D eigenvalue weighted by atomic mass is 16.6. The number of carbonyl (C=O) groups is 3. The fraction of sp³-hybridized carbons (Fsp3) is 0.679. The zero-order valence-corrected chi connectivity index (χ0v) is 21.7. The van der Waals surface area contributed by atoms with E-state index in [-0.39, 0.29) is 23.9 Å². The third-order valence-corrected chi connectivity index (χ3v) is 8.03. The SMILES string of the molecule is CC(C)(C)OC(=O)N[C@@H](c1ccccc1)[C@@H](O)C(=O)OC12CC3CC(C1)CC(C(=O)OC1COC1)(C3)C2. The van der Waals surface area contributed by atoms with Crippen LogP contribution in [-0.4, -0.2) is 59.8 Å². The van der Waals surface area contributed by atoms with Crippen LogP contribution in [0.3, 0.4) is 0 Å². The maximum Gasteiger partial charge on any atom is 0.408 e. The van der Waals surface area contributed by atoms with E-state index in [0.717, 1.165) is 19.3 Å². The molecule has 5 aliphatic rings. The molecule has 4 bridgehead atoms. The summed E-state index contributed by atoms with van der Waals surface area (Å²) >= 11 is 0. The molecule has 0 radical (unpaired) electrons. The van der Waals surface area contributed by atoms with E-state index in [1.54, 1.807) is 45.0 Å². The maximum atomic E-state index is 13.4. The highest BCUT2D eigenvalue weighted by Gasteiger charge is 2.63. The Morgan fingerprint density at radius 2 is 1.70 bits per heavy atom. The Kier molecular flexibility index (Phi) is 6.73. The Balaban J connectivity index is 1.32. The van der Waals surface area contributed by atoms with Crippen LogP contribution in [0.2, 0.25) is 0 Å². The molecule has 9 nitrogen and oxygen atoms in total. The van der Waals surface area contributed by atoms with Crippen molar-refractivity contribution in [3.8, 4) is 0 Å². The van der Waals surface area contributed by atoms with Crippen molar-refractivity contribution in [2.45, 2.75) is 88.7 Å². The second kappa shape index (κ2) is 9.58. The maximum absolute atomic E-state index is 13.4. The highest BCUT2D eigenvalue weighted by molar-refractivity contribution is 5.80. The minimum absolute atomic E-state index is 0.202. The lowest BCUT2D eigenvalue weighted by Crippen LogP contribution is -2.61. The lowest BCUT2D eigenvalue weighted by molar-refractivity contribution is -0.226. The number of carbonyl (C=O) groups excluding carboxylic acids is 3. The first-order chi connectivity index (χ1) is 17.5. The summed E-state index contributed by atoms with van der Waals surface area (Å²) in [5, 5.41) is 13.8. The number of ether oxygens (including phenoxy) is 4. The van der Waals surface area contributed by atoms with Crippen LogP contribution in [0.25, 0.3) is 0 Å². The first-order valence-corrected chi connectivity index (χ1v) is 13.2. The van der Waals surface area contributed by atoms with Gasteiger partial charge < -0.3 is 29.4 Å². The monoisotopic (exact) mass is 515 g/mol. The summed E-state index contributed by atoms with van der Waals surface area (Å²) in [6, 6.07) is 7.71. The van der Waals surface area contributed by atoms with Gasteiger partial charge in [-0.3, -0.25) is 4.79 Å². The number of hydrogen-bond donors (Lipinski definition) is 2. The van der Waals surface area contributed by atoms with Crippen LogP contribution in [0.5, 0.6) is 0 Å². The number of aliphatic hydroxyl groups excluding tert-OH is 1. The molecule has 4 aliphatic carbocycles. The highest BCUT2D eigenvalue weighted by Crippen LogP contribution is 2.63. The second-order valence-corrected chi connectivity index (χ2v) is 12.4. The molecule has 6 rings (SSSR count). The van der Waals surface area contributed by atoms with Gasteiger partial charge in [0, 0.05) is 6.42 Å². The van der Waals surface area contributed by atoms with Gasteiger partial charge in [0.05, 0.1) is 24.7 Å². The van der Waals surface area contributed by atoms with E-state index in [9.17, 15) is 19.5 Å². The summed E-state index contributed by atoms with van der Waals surface area (Å²) in [5.41, 5.74) is -1.70. The number of amides is 1. The average Bonchev–Trinajstić information content (AvgIpc) is 2.77. The van der Waals surface area contributed by atoms with Gasteiger partial charge in [-0.25, -0.2) is 9.59 Å². The van der Waals surface area contributed by atoms with Gasteiger partial charge in [-0.15, -0.1) is 0 Å². The second-order valence-electron chi connectivity index (χ2n) is 12.4. The van der Waals surface area contributed by atoms with Crippen LogP contribution in [0.15, 0.2) is 30.3 Å². The summed E-state index contributed by atoms with van der Waals surface area (Å²) in [5.74, 6) is -0.505. The Labute approximate surface area is 217 Å². The van der Waals surface area contributed by atoms with Crippen LogP contribution in [0.1, 0.15) is 70.9 Å². The van der Waals surface area contributed by atoms with Gasteiger partial charge in [-0.2, -0.15) is 0 Å². The van der Waals surface area contributed by atoms with E-state index < -0.39 is 40.8 Å². The number of alkyl carbamates (subject to hydrolysis) is 1. The molecule has 2 unspecified atom stereocenters. The Hall–Kier alpha value is -2.65. The quantitative estimate of drug-likeness (QED) is 0.419. The van der Waals surface area contributed by atoms with Gasteiger partial charge in [0.1, 0.15) is 17.3 Å². The molecule has 1 saturated heterocycles. The van der Waals surface area contributed by atoms with Crippen LogP contribution in [-0.2, 0) is 28.5 Å². The largest absolute Gasteiger partial charge is 0.457 e. The number of nitrogens with one attached hydrogen (secondary N) is 1. The van der Waals surface area contributed by atoms with Crippen molar-refractivity contribution in [2.24, 2.45) is 17.3 Å². The van der Waals surface area contributed by atoms with E-state index in [1.165, 1.54) is 0 Å². The van der Waals surface area contributed by atoms with Crippen molar-refractivity contribution >= 4 is 18.0 Å². The van der Waals surface area contributed by atoms with Crippen molar-refractivity contribution in [1.29, 1.82) is 0 Å². The average molecular weight is 516 g/mol. The number of hydrogen-bond acceptors (Lipinski definition) is 8. The van der Waals surface area contributed by atoms with E-state index in [4.69, 9.17) is 18.9 Å². The number of aliphatic hydroxyl groups is 1. The minimum Gasteiger partial charge on any atom is -0.457 e.